The predicted octanol–water partition coefficient (Wildman–Crippen LogP) is 2.73. The van der Waals surface area contributed by atoms with Crippen LogP contribution in [0.25, 0.3) is 11.2 Å². The van der Waals surface area contributed by atoms with Crippen molar-refractivity contribution in [2.75, 3.05) is 12.4 Å². The zero-order valence-corrected chi connectivity index (χ0v) is 15.0. The standard InChI is InChI=1S/C15H19N7OS/c1-8-18-14(24-21-8)20-10-7-17-12-11(19-10)9(6-16-12)13(23)22(5)15(2,3)4/h6-7H,1-5H3,(H,16,17)(H,18,19,20,21). The van der Waals surface area contributed by atoms with Gasteiger partial charge in [-0.2, -0.15) is 4.37 Å². The van der Waals surface area contributed by atoms with Crippen LogP contribution in [0.5, 0.6) is 0 Å². The number of aryl methyl sites for hydroxylation is 1. The highest BCUT2D eigenvalue weighted by Gasteiger charge is 2.26. The van der Waals surface area contributed by atoms with Crippen LogP contribution in [0, 0.1) is 6.92 Å². The molecule has 24 heavy (non-hydrogen) atoms. The van der Waals surface area contributed by atoms with Crippen LogP contribution in [0.2, 0.25) is 0 Å². The first-order valence-corrected chi connectivity index (χ1v) is 8.22. The Kier molecular flexibility index (Phi) is 3.96. The first-order chi connectivity index (χ1) is 11.3. The molecule has 0 atom stereocenters. The smallest absolute Gasteiger partial charge is 0.257 e. The molecule has 0 aromatic carbocycles. The third-order valence-corrected chi connectivity index (χ3v) is 4.41. The highest BCUT2D eigenvalue weighted by Crippen LogP contribution is 2.23. The van der Waals surface area contributed by atoms with Crippen molar-refractivity contribution >= 4 is 39.6 Å². The van der Waals surface area contributed by atoms with E-state index in [1.54, 1.807) is 24.3 Å². The van der Waals surface area contributed by atoms with E-state index in [-0.39, 0.29) is 11.4 Å². The van der Waals surface area contributed by atoms with E-state index in [9.17, 15) is 4.79 Å². The molecule has 0 unspecified atom stereocenters. The van der Waals surface area contributed by atoms with E-state index in [1.807, 2.05) is 27.7 Å². The molecule has 0 aliphatic rings. The van der Waals surface area contributed by atoms with E-state index in [0.29, 0.717) is 33.5 Å². The van der Waals surface area contributed by atoms with Crippen LogP contribution < -0.4 is 5.32 Å². The van der Waals surface area contributed by atoms with Crippen LogP contribution in [-0.2, 0) is 0 Å². The zero-order valence-electron chi connectivity index (χ0n) is 14.2. The molecule has 0 aliphatic heterocycles. The summed E-state index contributed by atoms with van der Waals surface area (Å²) in [5.41, 5.74) is 1.31. The topological polar surface area (TPSA) is 99.7 Å². The number of nitrogens with zero attached hydrogens (tertiary/aromatic N) is 5. The Morgan fingerprint density at radius 1 is 1.33 bits per heavy atom. The number of nitrogens with one attached hydrogen (secondary N) is 2. The summed E-state index contributed by atoms with van der Waals surface area (Å²) < 4.78 is 4.11. The van der Waals surface area contributed by atoms with Crippen molar-refractivity contribution in [1.29, 1.82) is 0 Å². The average molecular weight is 345 g/mol. The summed E-state index contributed by atoms with van der Waals surface area (Å²) in [6.07, 6.45) is 3.24. The molecule has 0 saturated heterocycles. The number of carbonyl (C=O) groups excluding carboxylic acids is 1. The maximum absolute atomic E-state index is 12.7. The lowest BCUT2D eigenvalue weighted by Gasteiger charge is -2.31. The van der Waals surface area contributed by atoms with Crippen molar-refractivity contribution in [3.63, 3.8) is 0 Å². The Balaban J connectivity index is 1.95. The molecular formula is C15H19N7OS. The van der Waals surface area contributed by atoms with Crippen molar-refractivity contribution in [3.05, 3.63) is 23.8 Å². The van der Waals surface area contributed by atoms with Gasteiger partial charge in [0.1, 0.15) is 11.3 Å². The van der Waals surface area contributed by atoms with Gasteiger partial charge in [0.05, 0.1) is 11.8 Å². The number of carbonyl (C=O) groups is 1. The van der Waals surface area contributed by atoms with Crippen molar-refractivity contribution in [2.24, 2.45) is 0 Å². The number of aromatic nitrogens is 5. The fourth-order valence-corrected chi connectivity index (χ4v) is 2.64. The van der Waals surface area contributed by atoms with E-state index in [0.717, 1.165) is 0 Å². The second-order valence-corrected chi connectivity index (χ2v) is 7.21. The van der Waals surface area contributed by atoms with Crippen LogP contribution in [-0.4, -0.2) is 47.7 Å². The molecule has 0 radical (unpaired) electrons. The number of amides is 1. The lowest BCUT2D eigenvalue weighted by Crippen LogP contribution is -2.42. The summed E-state index contributed by atoms with van der Waals surface area (Å²) in [5.74, 6) is 1.11. The van der Waals surface area contributed by atoms with Gasteiger partial charge in [-0.1, -0.05) is 0 Å². The lowest BCUT2D eigenvalue weighted by molar-refractivity contribution is 0.0657. The number of hydrogen-bond acceptors (Lipinski definition) is 7. The molecule has 3 aromatic heterocycles. The monoisotopic (exact) mass is 345 g/mol. The molecule has 0 spiro atoms. The predicted molar refractivity (Wildman–Crippen MR) is 93.7 cm³/mol. The molecule has 0 aliphatic carbocycles. The van der Waals surface area contributed by atoms with Crippen LogP contribution in [0.3, 0.4) is 0 Å². The molecule has 0 saturated carbocycles. The van der Waals surface area contributed by atoms with Gasteiger partial charge in [-0.15, -0.1) is 0 Å². The SMILES string of the molecule is Cc1nsc(Nc2cnc3[nH]cc(C(=O)N(C)C(C)(C)C)c3n2)n1. The highest BCUT2D eigenvalue weighted by molar-refractivity contribution is 7.09. The minimum atomic E-state index is -0.284. The Hall–Kier alpha value is -2.55. The minimum absolute atomic E-state index is 0.105. The molecule has 2 N–H and O–H groups in total. The van der Waals surface area contributed by atoms with E-state index >= 15 is 0 Å². The Labute approximate surface area is 143 Å². The largest absolute Gasteiger partial charge is 0.344 e. The fraction of sp³-hybridized carbons (Fsp3) is 0.400. The number of hydrogen-bond donors (Lipinski definition) is 2. The summed E-state index contributed by atoms with van der Waals surface area (Å²) >= 11 is 1.25. The van der Waals surface area contributed by atoms with Crippen LogP contribution in [0.1, 0.15) is 37.0 Å². The number of H-pyrrole nitrogens is 1. The quantitative estimate of drug-likeness (QED) is 0.757. The zero-order chi connectivity index (χ0) is 17.5. The van der Waals surface area contributed by atoms with Gasteiger partial charge < -0.3 is 15.2 Å². The summed E-state index contributed by atoms with van der Waals surface area (Å²) in [5, 5.41) is 3.70. The molecule has 3 aromatic rings. The van der Waals surface area contributed by atoms with Crippen molar-refractivity contribution in [1.82, 2.24) is 29.2 Å². The van der Waals surface area contributed by atoms with Gasteiger partial charge in [0.2, 0.25) is 5.13 Å². The van der Waals surface area contributed by atoms with E-state index < -0.39 is 0 Å². The third kappa shape index (κ3) is 3.07. The van der Waals surface area contributed by atoms with Gasteiger partial charge >= 0.3 is 0 Å². The van der Waals surface area contributed by atoms with Crippen molar-refractivity contribution in [2.45, 2.75) is 33.2 Å². The van der Waals surface area contributed by atoms with Gasteiger partial charge in [0.15, 0.2) is 11.5 Å². The van der Waals surface area contributed by atoms with E-state index in [1.165, 1.54) is 11.5 Å². The highest BCUT2D eigenvalue weighted by atomic mass is 32.1. The van der Waals surface area contributed by atoms with Gasteiger partial charge in [-0.3, -0.25) is 4.79 Å². The summed E-state index contributed by atoms with van der Waals surface area (Å²) in [7, 11) is 1.78. The first kappa shape index (κ1) is 16.3. The van der Waals surface area contributed by atoms with Gasteiger partial charge in [0, 0.05) is 30.3 Å². The molecule has 0 bridgehead atoms. The fourth-order valence-electron chi connectivity index (χ4n) is 2.06. The summed E-state index contributed by atoms with van der Waals surface area (Å²) in [6, 6.07) is 0. The van der Waals surface area contributed by atoms with E-state index in [4.69, 9.17) is 0 Å². The van der Waals surface area contributed by atoms with Gasteiger partial charge in [-0.25, -0.2) is 15.0 Å². The van der Waals surface area contributed by atoms with Crippen LogP contribution in [0.15, 0.2) is 12.4 Å². The van der Waals surface area contributed by atoms with Gasteiger partial charge in [-0.05, 0) is 27.7 Å². The molecule has 3 heterocycles. The van der Waals surface area contributed by atoms with Crippen LogP contribution >= 0.6 is 11.5 Å². The lowest BCUT2D eigenvalue weighted by atomic mass is 10.1. The maximum atomic E-state index is 12.7. The Bertz CT molecular complexity index is 893. The third-order valence-electron chi connectivity index (χ3n) is 3.68. The number of rotatable bonds is 3. The second kappa shape index (κ2) is 5.82. The molecule has 9 heteroatoms. The molecule has 126 valence electrons. The number of anilines is 2. The molecule has 3 rings (SSSR count). The number of fused-ring (bicyclic) bond motifs is 1. The minimum Gasteiger partial charge on any atom is -0.344 e. The molecule has 8 nitrogen and oxygen atoms in total. The summed E-state index contributed by atoms with van der Waals surface area (Å²) in [4.78, 5) is 30.5. The van der Waals surface area contributed by atoms with Crippen molar-refractivity contribution < 1.29 is 4.79 Å². The first-order valence-electron chi connectivity index (χ1n) is 7.45. The normalized spacial score (nSPS) is 11.7. The van der Waals surface area contributed by atoms with Crippen molar-refractivity contribution in [3.8, 4) is 0 Å². The number of aromatic amines is 1. The summed E-state index contributed by atoms with van der Waals surface area (Å²) in [6.45, 7) is 7.77. The second-order valence-electron chi connectivity index (χ2n) is 6.46. The maximum Gasteiger partial charge on any atom is 0.257 e. The Morgan fingerprint density at radius 2 is 2.08 bits per heavy atom. The molecule has 0 fully saturated rings. The van der Waals surface area contributed by atoms with E-state index in [2.05, 4.69) is 29.6 Å². The van der Waals surface area contributed by atoms with Gasteiger partial charge in [0.25, 0.3) is 5.91 Å². The molecule has 1 amide bonds. The Morgan fingerprint density at radius 3 is 2.71 bits per heavy atom. The molecular weight excluding hydrogens is 326 g/mol. The average Bonchev–Trinajstić information content (AvgIpc) is 3.11. The van der Waals surface area contributed by atoms with Crippen LogP contribution in [0.4, 0.5) is 10.9 Å².